The molecule has 0 aliphatic rings. The third-order valence-corrected chi connectivity index (χ3v) is 3.96. The minimum absolute atomic E-state index is 0.249. The molecule has 3 aromatic rings. The van der Waals surface area contributed by atoms with E-state index < -0.39 is 6.04 Å². The Kier molecular flexibility index (Phi) is 4.99. The van der Waals surface area contributed by atoms with Crippen molar-refractivity contribution in [2.24, 2.45) is 0 Å². The minimum atomic E-state index is -0.398. The van der Waals surface area contributed by atoms with Crippen molar-refractivity contribution in [2.75, 3.05) is 0 Å². The predicted octanol–water partition coefficient (Wildman–Crippen LogP) is 2.02. The van der Waals surface area contributed by atoms with Crippen molar-refractivity contribution in [3.63, 3.8) is 0 Å². The number of halogens is 1. The van der Waals surface area contributed by atoms with Gasteiger partial charge in [0.2, 0.25) is 0 Å². The van der Waals surface area contributed by atoms with Crippen molar-refractivity contribution in [3.05, 3.63) is 63.6 Å². The summed E-state index contributed by atoms with van der Waals surface area (Å²) in [5.41, 5.74) is 0.930. The molecule has 9 heteroatoms. The fraction of sp³-hybridized carbons (Fsp3) is 0.125. The van der Waals surface area contributed by atoms with E-state index in [0.717, 1.165) is 3.57 Å². The fourth-order valence-corrected chi connectivity index (χ4v) is 2.68. The lowest BCUT2D eigenvalue weighted by molar-refractivity contribution is 0.0937. The Hall–Kier alpha value is -2.87. The standard InChI is InChI=1S/C16H12IN7O/c1-10(23-16(25)12-4-13(17)8-19-7-12)15-21-9-22-24(15)14-3-2-11(5-18)6-20-14/h2-4,6-10H,1H3,(H,23,25)/t10-/m0/s1. The Morgan fingerprint density at radius 2 is 2.16 bits per heavy atom. The lowest BCUT2D eigenvalue weighted by atomic mass is 10.2. The molecule has 0 saturated heterocycles. The van der Waals surface area contributed by atoms with E-state index in [1.165, 1.54) is 23.4 Å². The van der Waals surface area contributed by atoms with Crippen LogP contribution < -0.4 is 5.32 Å². The van der Waals surface area contributed by atoms with Gasteiger partial charge in [0, 0.05) is 22.2 Å². The summed E-state index contributed by atoms with van der Waals surface area (Å²) in [4.78, 5) is 24.8. The summed E-state index contributed by atoms with van der Waals surface area (Å²) in [6.07, 6.45) is 6.04. The molecule has 0 fully saturated rings. The smallest absolute Gasteiger partial charge is 0.253 e. The molecule has 1 N–H and O–H groups in total. The third kappa shape index (κ3) is 3.80. The highest BCUT2D eigenvalue weighted by Gasteiger charge is 2.18. The zero-order chi connectivity index (χ0) is 17.8. The van der Waals surface area contributed by atoms with Gasteiger partial charge in [0.05, 0.1) is 17.2 Å². The number of nitrogens with zero attached hydrogens (tertiary/aromatic N) is 6. The van der Waals surface area contributed by atoms with Gasteiger partial charge in [-0.2, -0.15) is 15.0 Å². The zero-order valence-electron chi connectivity index (χ0n) is 13.1. The van der Waals surface area contributed by atoms with Crippen molar-refractivity contribution < 1.29 is 4.79 Å². The first-order chi connectivity index (χ1) is 12.1. The number of carbonyl (C=O) groups is 1. The Balaban J connectivity index is 1.81. The van der Waals surface area contributed by atoms with E-state index in [-0.39, 0.29) is 5.91 Å². The van der Waals surface area contributed by atoms with Gasteiger partial charge in [-0.05, 0) is 47.7 Å². The molecule has 0 aliphatic heterocycles. The first kappa shape index (κ1) is 17.0. The van der Waals surface area contributed by atoms with Gasteiger partial charge in [-0.1, -0.05) is 0 Å². The topological polar surface area (TPSA) is 109 Å². The average Bonchev–Trinajstić information content (AvgIpc) is 3.11. The molecule has 8 nitrogen and oxygen atoms in total. The molecular weight excluding hydrogens is 433 g/mol. The van der Waals surface area contributed by atoms with Crippen molar-refractivity contribution in [3.8, 4) is 11.9 Å². The van der Waals surface area contributed by atoms with E-state index in [1.54, 1.807) is 24.4 Å². The van der Waals surface area contributed by atoms with Crippen LogP contribution in [0.15, 0.2) is 43.1 Å². The predicted molar refractivity (Wildman–Crippen MR) is 96.7 cm³/mol. The number of hydrogen-bond donors (Lipinski definition) is 1. The molecule has 0 unspecified atom stereocenters. The molecule has 0 spiro atoms. The lowest BCUT2D eigenvalue weighted by Crippen LogP contribution is -2.29. The molecule has 124 valence electrons. The van der Waals surface area contributed by atoms with E-state index in [1.807, 2.05) is 13.0 Å². The normalized spacial score (nSPS) is 11.6. The quantitative estimate of drug-likeness (QED) is 0.616. The van der Waals surface area contributed by atoms with Crippen LogP contribution in [0.5, 0.6) is 0 Å². The molecule has 0 radical (unpaired) electrons. The van der Waals surface area contributed by atoms with E-state index in [2.05, 4.69) is 48.0 Å². The zero-order valence-corrected chi connectivity index (χ0v) is 15.2. The summed E-state index contributed by atoms with van der Waals surface area (Å²) in [7, 11) is 0. The van der Waals surface area contributed by atoms with Gasteiger partial charge in [0.15, 0.2) is 11.6 Å². The van der Waals surface area contributed by atoms with Crippen molar-refractivity contribution in [2.45, 2.75) is 13.0 Å². The van der Waals surface area contributed by atoms with Crippen LogP contribution in [-0.2, 0) is 0 Å². The monoisotopic (exact) mass is 445 g/mol. The first-order valence-corrected chi connectivity index (χ1v) is 8.34. The van der Waals surface area contributed by atoms with Crippen molar-refractivity contribution in [1.82, 2.24) is 30.0 Å². The van der Waals surface area contributed by atoms with Crippen LogP contribution in [0.25, 0.3) is 5.82 Å². The van der Waals surface area contributed by atoms with Gasteiger partial charge in [-0.15, -0.1) is 0 Å². The summed E-state index contributed by atoms with van der Waals surface area (Å²) in [5, 5.41) is 15.9. The van der Waals surface area contributed by atoms with Crippen LogP contribution in [0.3, 0.4) is 0 Å². The third-order valence-electron chi connectivity index (χ3n) is 3.37. The summed E-state index contributed by atoms with van der Waals surface area (Å²) in [6, 6.07) is 6.69. The Labute approximate surface area is 157 Å². The Bertz CT molecular complexity index is 946. The number of nitriles is 1. The van der Waals surface area contributed by atoms with E-state index in [9.17, 15) is 4.79 Å². The molecule has 3 rings (SSSR count). The second-order valence-electron chi connectivity index (χ2n) is 5.13. The number of hydrogen-bond acceptors (Lipinski definition) is 6. The summed E-state index contributed by atoms with van der Waals surface area (Å²) >= 11 is 2.10. The first-order valence-electron chi connectivity index (χ1n) is 7.26. The van der Waals surface area contributed by atoms with Crippen LogP contribution in [0.1, 0.15) is 34.7 Å². The summed E-state index contributed by atoms with van der Waals surface area (Å²) in [5.74, 6) is 0.800. The lowest BCUT2D eigenvalue weighted by Gasteiger charge is -2.14. The average molecular weight is 445 g/mol. The molecule has 3 aromatic heterocycles. The van der Waals surface area contributed by atoms with Crippen molar-refractivity contribution in [1.29, 1.82) is 5.26 Å². The van der Waals surface area contributed by atoms with E-state index in [0.29, 0.717) is 22.8 Å². The molecular formula is C16H12IN7O. The highest BCUT2D eigenvalue weighted by atomic mass is 127. The van der Waals surface area contributed by atoms with Gasteiger partial charge < -0.3 is 5.32 Å². The molecule has 3 heterocycles. The number of carbonyl (C=O) groups excluding carboxylic acids is 1. The van der Waals surface area contributed by atoms with Gasteiger partial charge in [0.25, 0.3) is 5.91 Å². The SMILES string of the molecule is C[C@H](NC(=O)c1cncc(I)c1)c1ncnn1-c1ccc(C#N)cn1. The second-order valence-corrected chi connectivity index (χ2v) is 6.38. The van der Waals surface area contributed by atoms with E-state index >= 15 is 0 Å². The van der Waals surface area contributed by atoms with E-state index in [4.69, 9.17) is 5.26 Å². The largest absolute Gasteiger partial charge is 0.342 e. The molecule has 1 atom stereocenters. The Morgan fingerprint density at radius 1 is 1.32 bits per heavy atom. The molecule has 0 aliphatic carbocycles. The van der Waals surface area contributed by atoms with Gasteiger partial charge in [0.1, 0.15) is 12.4 Å². The number of aromatic nitrogens is 5. The van der Waals surface area contributed by atoms with Crippen LogP contribution in [0, 0.1) is 14.9 Å². The highest BCUT2D eigenvalue weighted by molar-refractivity contribution is 14.1. The molecule has 25 heavy (non-hydrogen) atoms. The second kappa shape index (κ2) is 7.35. The van der Waals surface area contributed by atoms with Gasteiger partial charge in [-0.3, -0.25) is 9.78 Å². The van der Waals surface area contributed by atoms with Crippen molar-refractivity contribution >= 4 is 28.5 Å². The molecule has 0 bridgehead atoms. The van der Waals surface area contributed by atoms with Crippen LogP contribution in [0.4, 0.5) is 0 Å². The number of rotatable bonds is 4. The Morgan fingerprint density at radius 3 is 2.84 bits per heavy atom. The summed E-state index contributed by atoms with van der Waals surface area (Å²) in [6.45, 7) is 1.81. The van der Waals surface area contributed by atoms with Crippen LogP contribution in [-0.4, -0.2) is 30.6 Å². The maximum atomic E-state index is 12.4. The molecule has 0 saturated carbocycles. The molecule has 1 amide bonds. The fourth-order valence-electron chi connectivity index (χ4n) is 2.18. The maximum absolute atomic E-state index is 12.4. The van der Waals surface area contributed by atoms with Gasteiger partial charge >= 0.3 is 0 Å². The van der Waals surface area contributed by atoms with Crippen LogP contribution in [0.2, 0.25) is 0 Å². The van der Waals surface area contributed by atoms with Crippen LogP contribution >= 0.6 is 22.6 Å². The number of nitrogens with one attached hydrogen (secondary N) is 1. The summed E-state index contributed by atoms with van der Waals surface area (Å²) < 4.78 is 2.40. The maximum Gasteiger partial charge on any atom is 0.253 e. The molecule has 0 aromatic carbocycles. The highest BCUT2D eigenvalue weighted by Crippen LogP contribution is 2.14. The number of amides is 1. The minimum Gasteiger partial charge on any atom is -0.342 e. The number of pyridine rings is 2. The van der Waals surface area contributed by atoms with Gasteiger partial charge in [-0.25, -0.2) is 9.97 Å².